The molecule has 196 valence electrons. The summed E-state index contributed by atoms with van der Waals surface area (Å²) in [6.45, 7) is 2.83. The molecule has 10 nitrogen and oxygen atoms in total. The predicted octanol–water partition coefficient (Wildman–Crippen LogP) is 2.25. The summed E-state index contributed by atoms with van der Waals surface area (Å²) in [5, 5.41) is 14.2. The molecule has 0 spiro atoms. The van der Waals surface area contributed by atoms with Crippen LogP contribution < -0.4 is 15.5 Å². The van der Waals surface area contributed by atoms with Crippen molar-refractivity contribution in [1.82, 2.24) is 15.3 Å². The van der Waals surface area contributed by atoms with E-state index in [1.807, 2.05) is 6.92 Å². The molecule has 1 aliphatic carbocycles. The van der Waals surface area contributed by atoms with Crippen molar-refractivity contribution < 1.29 is 27.4 Å². The number of carbonyl (C=O) groups excluding carboxylic acids is 1. The van der Waals surface area contributed by atoms with E-state index >= 15 is 0 Å². The van der Waals surface area contributed by atoms with Crippen molar-refractivity contribution in [2.45, 2.75) is 37.0 Å². The molecule has 1 atom stereocenters. The molecule has 1 aliphatic heterocycles. The summed E-state index contributed by atoms with van der Waals surface area (Å²) < 4.78 is 43.2. The lowest BCUT2D eigenvalue weighted by Crippen LogP contribution is -2.44. The van der Waals surface area contributed by atoms with Gasteiger partial charge in [-0.1, -0.05) is 0 Å². The van der Waals surface area contributed by atoms with Crippen molar-refractivity contribution in [3.8, 4) is 11.4 Å². The lowest BCUT2D eigenvalue weighted by Gasteiger charge is -2.34. The quantitative estimate of drug-likeness (QED) is 0.434. The average molecular weight is 522 g/mol. The van der Waals surface area contributed by atoms with Gasteiger partial charge in [-0.2, -0.15) is 0 Å². The summed E-state index contributed by atoms with van der Waals surface area (Å²) >= 11 is 0. The number of carbonyl (C=O) groups is 1. The molecule has 0 bridgehead atoms. The molecule has 0 unspecified atom stereocenters. The molecular formula is C24H32FN5O5S. The predicted molar refractivity (Wildman–Crippen MR) is 134 cm³/mol. The number of benzene rings is 1. The van der Waals surface area contributed by atoms with Crippen LogP contribution >= 0.6 is 0 Å². The maximum absolute atomic E-state index is 13.2. The molecular weight excluding hydrogens is 489 g/mol. The highest BCUT2D eigenvalue weighted by Gasteiger charge is 2.56. The van der Waals surface area contributed by atoms with Crippen molar-refractivity contribution in [2.75, 3.05) is 55.6 Å². The molecule has 2 amide bonds. The van der Waals surface area contributed by atoms with Crippen molar-refractivity contribution in [3.63, 3.8) is 0 Å². The third-order valence-corrected chi connectivity index (χ3v) is 9.13. The van der Waals surface area contributed by atoms with Gasteiger partial charge in [-0.15, -0.1) is 0 Å². The number of urea groups is 1. The largest absolute Gasteiger partial charge is 0.396 e. The van der Waals surface area contributed by atoms with Gasteiger partial charge >= 0.3 is 6.03 Å². The highest BCUT2D eigenvalue weighted by atomic mass is 32.2. The molecule has 2 aliphatic rings. The Bertz CT molecular complexity index is 1170. The summed E-state index contributed by atoms with van der Waals surface area (Å²) in [5.41, 5.74) is 1.64. The number of alkyl halides is 1. The maximum atomic E-state index is 13.2. The van der Waals surface area contributed by atoms with E-state index in [9.17, 15) is 22.7 Å². The van der Waals surface area contributed by atoms with Gasteiger partial charge in [0.1, 0.15) is 17.2 Å². The number of aromatic nitrogens is 2. The van der Waals surface area contributed by atoms with Gasteiger partial charge in [0.15, 0.2) is 15.7 Å². The van der Waals surface area contributed by atoms with Crippen molar-refractivity contribution >= 4 is 27.4 Å². The van der Waals surface area contributed by atoms with Gasteiger partial charge in [0.2, 0.25) is 0 Å². The molecule has 1 aromatic heterocycles. The van der Waals surface area contributed by atoms with Crippen LogP contribution in [0.5, 0.6) is 0 Å². The Labute approximate surface area is 210 Å². The number of morpholine rings is 1. The zero-order valence-electron chi connectivity index (χ0n) is 20.2. The molecule has 2 fully saturated rings. The minimum Gasteiger partial charge on any atom is -0.396 e. The number of halogens is 1. The highest BCUT2D eigenvalue weighted by Crippen LogP contribution is 2.53. The number of anilines is 2. The van der Waals surface area contributed by atoms with Gasteiger partial charge in [-0.05, 0) is 50.5 Å². The Kier molecular flexibility index (Phi) is 8.06. The summed E-state index contributed by atoms with van der Waals surface area (Å²) in [6, 6.07) is 8.19. The number of nitrogens with zero attached hydrogens (tertiary/aromatic N) is 3. The lowest BCUT2D eigenvalue weighted by atomic mass is 10.1. The maximum Gasteiger partial charge on any atom is 0.319 e. The summed E-state index contributed by atoms with van der Waals surface area (Å²) in [7, 11) is -3.53. The third kappa shape index (κ3) is 5.60. The van der Waals surface area contributed by atoms with Crippen LogP contribution in [0.1, 0.15) is 31.9 Å². The van der Waals surface area contributed by atoms with E-state index in [2.05, 4.69) is 15.5 Å². The van der Waals surface area contributed by atoms with Crippen molar-refractivity contribution in [2.24, 2.45) is 0 Å². The Morgan fingerprint density at radius 3 is 2.67 bits per heavy atom. The first-order valence-corrected chi connectivity index (χ1v) is 13.7. The first kappa shape index (κ1) is 26.2. The van der Waals surface area contributed by atoms with Crippen LogP contribution in [0, 0.1) is 0 Å². The highest BCUT2D eigenvalue weighted by molar-refractivity contribution is 7.92. The fraction of sp³-hybridized carbons (Fsp3) is 0.542. The summed E-state index contributed by atoms with van der Waals surface area (Å²) in [4.78, 5) is 23.4. The molecule has 2 heterocycles. The SMILES string of the molecule is C[C@H]1COCCN1c1cc(C2(S(=O)(=O)CCCO)CC2)nc(-c2ccc(NC(=O)NCCF)cc2)n1. The van der Waals surface area contributed by atoms with Crippen LogP contribution in [0.2, 0.25) is 0 Å². The van der Waals surface area contributed by atoms with Crippen LogP contribution in [-0.2, 0) is 19.3 Å². The van der Waals surface area contributed by atoms with Gasteiger partial charge in [-0.25, -0.2) is 27.6 Å². The second kappa shape index (κ2) is 11.1. The van der Waals surface area contributed by atoms with Gasteiger partial charge in [0, 0.05) is 37.0 Å². The minimum absolute atomic E-state index is 0.0601. The topological polar surface area (TPSA) is 134 Å². The number of ether oxygens (including phenoxy) is 1. The summed E-state index contributed by atoms with van der Waals surface area (Å²) in [5.74, 6) is 0.928. The molecule has 0 radical (unpaired) electrons. The van der Waals surface area contributed by atoms with E-state index in [1.54, 1.807) is 30.3 Å². The molecule has 36 heavy (non-hydrogen) atoms. The normalized spacial score (nSPS) is 19.1. The van der Waals surface area contributed by atoms with Crippen LogP contribution in [0.4, 0.5) is 20.7 Å². The zero-order chi connectivity index (χ0) is 25.8. The number of sulfone groups is 1. The molecule has 1 saturated heterocycles. The Morgan fingerprint density at radius 2 is 2.03 bits per heavy atom. The lowest BCUT2D eigenvalue weighted by molar-refractivity contribution is 0.0985. The second-order valence-corrected chi connectivity index (χ2v) is 11.5. The molecule has 12 heteroatoms. The number of rotatable bonds is 10. The van der Waals surface area contributed by atoms with E-state index in [-0.39, 0.29) is 31.4 Å². The number of hydrogen-bond acceptors (Lipinski definition) is 8. The summed E-state index contributed by atoms with van der Waals surface area (Å²) in [6.07, 6.45) is 1.14. The van der Waals surface area contributed by atoms with Crippen LogP contribution in [0.3, 0.4) is 0 Å². The Hall–Kier alpha value is -2.83. The molecule has 1 saturated carbocycles. The van der Waals surface area contributed by atoms with E-state index in [0.29, 0.717) is 61.2 Å². The number of aliphatic hydroxyl groups excluding tert-OH is 1. The average Bonchev–Trinajstić information content (AvgIpc) is 3.70. The fourth-order valence-corrected chi connectivity index (χ4v) is 6.39. The monoisotopic (exact) mass is 521 g/mol. The first-order chi connectivity index (χ1) is 17.3. The fourth-order valence-electron chi connectivity index (χ4n) is 4.34. The van der Waals surface area contributed by atoms with E-state index < -0.39 is 27.3 Å². The van der Waals surface area contributed by atoms with Crippen LogP contribution in [0.15, 0.2) is 30.3 Å². The zero-order valence-corrected chi connectivity index (χ0v) is 21.1. The molecule has 1 aromatic carbocycles. The van der Waals surface area contributed by atoms with Crippen molar-refractivity contribution in [3.05, 3.63) is 36.0 Å². The Morgan fingerprint density at radius 1 is 1.28 bits per heavy atom. The number of aliphatic hydroxyl groups is 1. The number of amides is 2. The first-order valence-electron chi connectivity index (χ1n) is 12.1. The van der Waals surface area contributed by atoms with Gasteiger partial charge in [0.25, 0.3) is 0 Å². The minimum atomic E-state index is -3.53. The smallest absolute Gasteiger partial charge is 0.319 e. The van der Waals surface area contributed by atoms with E-state index in [1.165, 1.54) is 0 Å². The standard InChI is InChI=1S/C24H32FN5O5S/c1-17-16-35-13-11-30(17)21-15-20(24(7-8-24)36(33,34)14-2-12-31)28-22(29-21)18-3-5-19(6-4-18)27-23(32)26-10-9-25/h3-6,15,17,31H,2,7-14,16H2,1H3,(H2,26,27,32)/t17-/m0/s1. The molecule has 2 aromatic rings. The third-order valence-electron chi connectivity index (χ3n) is 6.49. The second-order valence-electron chi connectivity index (χ2n) is 9.09. The van der Waals surface area contributed by atoms with Gasteiger partial charge in [-0.3, -0.25) is 0 Å². The molecule has 4 rings (SSSR count). The van der Waals surface area contributed by atoms with Crippen LogP contribution in [-0.4, -0.2) is 80.9 Å². The van der Waals surface area contributed by atoms with E-state index in [0.717, 1.165) is 0 Å². The van der Waals surface area contributed by atoms with E-state index in [4.69, 9.17) is 14.7 Å². The van der Waals surface area contributed by atoms with Crippen molar-refractivity contribution in [1.29, 1.82) is 0 Å². The number of hydrogen-bond donors (Lipinski definition) is 3. The van der Waals surface area contributed by atoms with Gasteiger partial charge in [0.05, 0.1) is 30.7 Å². The van der Waals surface area contributed by atoms with Gasteiger partial charge < -0.3 is 25.4 Å². The van der Waals surface area contributed by atoms with Crippen LogP contribution in [0.25, 0.3) is 11.4 Å². The number of nitrogens with one attached hydrogen (secondary N) is 2. The molecule has 3 N–H and O–H groups in total. The Balaban J connectivity index is 1.69.